The zero-order valence-electron chi connectivity index (χ0n) is 16.3. The van der Waals surface area contributed by atoms with Crippen LogP contribution in [0.2, 0.25) is 5.02 Å². The fourth-order valence-corrected chi connectivity index (χ4v) is 3.59. The van der Waals surface area contributed by atoms with Crippen molar-refractivity contribution in [3.8, 4) is 11.5 Å². The standard InChI is InChI=1S/C23H18ClN3O2S/c1-13-8-14(2)10-16(9-13)22-26-19-12-18(6-7-20(19)29-22)25-23(30)27-21(28)15-4-3-5-17(24)11-15/h3-12H,1-2H3,(H2,25,27,28,30). The number of hydrogen-bond donors (Lipinski definition) is 2. The van der Waals surface area contributed by atoms with Gasteiger partial charge in [-0.15, -0.1) is 0 Å². The van der Waals surface area contributed by atoms with Gasteiger partial charge in [0, 0.05) is 21.8 Å². The number of carbonyl (C=O) groups excluding carboxylic acids is 1. The van der Waals surface area contributed by atoms with Crippen LogP contribution < -0.4 is 10.6 Å². The zero-order chi connectivity index (χ0) is 21.3. The molecule has 0 spiro atoms. The maximum Gasteiger partial charge on any atom is 0.257 e. The number of benzene rings is 3. The fraction of sp³-hybridized carbons (Fsp3) is 0.0870. The Bertz CT molecular complexity index is 1260. The summed E-state index contributed by atoms with van der Waals surface area (Å²) in [4.78, 5) is 16.9. The molecule has 0 saturated heterocycles. The molecular weight excluding hydrogens is 418 g/mol. The van der Waals surface area contributed by atoms with E-state index in [9.17, 15) is 4.79 Å². The van der Waals surface area contributed by atoms with Gasteiger partial charge in [-0.05, 0) is 74.6 Å². The van der Waals surface area contributed by atoms with Crippen molar-refractivity contribution in [1.29, 1.82) is 0 Å². The first kappa shape index (κ1) is 20.1. The van der Waals surface area contributed by atoms with Gasteiger partial charge < -0.3 is 9.73 Å². The number of fused-ring (bicyclic) bond motifs is 1. The molecule has 0 bridgehead atoms. The summed E-state index contributed by atoms with van der Waals surface area (Å²) in [5.41, 5.74) is 5.71. The molecule has 0 atom stereocenters. The Morgan fingerprint density at radius 2 is 1.80 bits per heavy atom. The lowest BCUT2D eigenvalue weighted by Gasteiger charge is -2.09. The maximum atomic E-state index is 12.3. The smallest absolute Gasteiger partial charge is 0.257 e. The number of rotatable bonds is 3. The Morgan fingerprint density at radius 1 is 1.03 bits per heavy atom. The highest BCUT2D eigenvalue weighted by molar-refractivity contribution is 7.80. The second-order valence-corrected chi connectivity index (χ2v) is 7.84. The van der Waals surface area contributed by atoms with Gasteiger partial charge >= 0.3 is 0 Å². The normalized spacial score (nSPS) is 10.8. The van der Waals surface area contributed by atoms with Crippen LogP contribution in [0.4, 0.5) is 5.69 Å². The quantitative estimate of drug-likeness (QED) is 0.392. The third kappa shape index (κ3) is 4.50. The Balaban J connectivity index is 1.51. The number of hydrogen-bond acceptors (Lipinski definition) is 4. The highest BCUT2D eigenvalue weighted by atomic mass is 35.5. The molecule has 3 aromatic carbocycles. The molecule has 0 aliphatic rings. The van der Waals surface area contributed by atoms with Crippen LogP contribution in [0.1, 0.15) is 21.5 Å². The van der Waals surface area contributed by atoms with E-state index >= 15 is 0 Å². The van der Waals surface area contributed by atoms with Gasteiger partial charge in [0.2, 0.25) is 5.89 Å². The molecule has 4 rings (SSSR count). The van der Waals surface area contributed by atoms with Gasteiger partial charge in [-0.3, -0.25) is 10.1 Å². The molecule has 0 aliphatic carbocycles. The van der Waals surface area contributed by atoms with Crippen LogP contribution in [0.3, 0.4) is 0 Å². The van der Waals surface area contributed by atoms with Crippen LogP contribution in [0.5, 0.6) is 0 Å². The second kappa shape index (κ2) is 8.26. The lowest BCUT2D eigenvalue weighted by molar-refractivity contribution is 0.0977. The number of thiocarbonyl (C=S) groups is 1. The molecule has 0 unspecified atom stereocenters. The van der Waals surface area contributed by atoms with E-state index in [1.165, 1.54) is 0 Å². The molecule has 0 fully saturated rings. The summed E-state index contributed by atoms with van der Waals surface area (Å²) in [6.45, 7) is 4.08. The van der Waals surface area contributed by atoms with Crippen molar-refractivity contribution in [2.24, 2.45) is 0 Å². The summed E-state index contributed by atoms with van der Waals surface area (Å²) in [6, 6.07) is 18.3. The average molecular weight is 436 g/mol. The van der Waals surface area contributed by atoms with Gasteiger partial charge in [0.1, 0.15) is 5.52 Å². The van der Waals surface area contributed by atoms with Gasteiger partial charge in [0.25, 0.3) is 5.91 Å². The van der Waals surface area contributed by atoms with Crippen molar-refractivity contribution >= 4 is 51.6 Å². The molecule has 2 N–H and O–H groups in total. The molecule has 1 aromatic heterocycles. The van der Waals surface area contributed by atoms with E-state index in [2.05, 4.69) is 21.7 Å². The van der Waals surface area contributed by atoms with Crippen LogP contribution >= 0.6 is 23.8 Å². The lowest BCUT2D eigenvalue weighted by Crippen LogP contribution is -2.34. The van der Waals surface area contributed by atoms with Crippen LogP contribution in [0, 0.1) is 13.8 Å². The van der Waals surface area contributed by atoms with Crippen molar-refractivity contribution < 1.29 is 9.21 Å². The van der Waals surface area contributed by atoms with Crippen LogP contribution in [-0.2, 0) is 0 Å². The van der Waals surface area contributed by atoms with E-state index in [0.717, 1.165) is 16.7 Å². The molecule has 0 saturated carbocycles. The molecule has 1 amide bonds. The number of nitrogens with zero attached hydrogens (tertiary/aromatic N) is 1. The topological polar surface area (TPSA) is 67.2 Å². The second-order valence-electron chi connectivity index (χ2n) is 7.00. The molecule has 4 aromatic rings. The van der Waals surface area contributed by atoms with Crippen molar-refractivity contribution in [3.63, 3.8) is 0 Å². The Hall–Kier alpha value is -3.22. The largest absolute Gasteiger partial charge is 0.436 e. The van der Waals surface area contributed by atoms with Crippen molar-refractivity contribution in [2.45, 2.75) is 13.8 Å². The number of amides is 1. The molecule has 5 nitrogen and oxygen atoms in total. The van der Waals surface area contributed by atoms with E-state index in [0.29, 0.717) is 33.3 Å². The maximum absolute atomic E-state index is 12.3. The number of halogens is 1. The SMILES string of the molecule is Cc1cc(C)cc(-c2nc3cc(NC(=S)NC(=O)c4cccc(Cl)c4)ccc3o2)c1. The number of aryl methyl sites for hydroxylation is 2. The molecule has 150 valence electrons. The van der Waals surface area contributed by atoms with Crippen LogP contribution in [0.15, 0.2) is 65.1 Å². The number of anilines is 1. The Labute approximate surface area is 184 Å². The molecular formula is C23H18ClN3O2S. The van der Waals surface area contributed by atoms with E-state index in [4.69, 9.17) is 28.2 Å². The van der Waals surface area contributed by atoms with Crippen molar-refractivity contribution in [2.75, 3.05) is 5.32 Å². The summed E-state index contributed by atoms with van der Waals surface area (Å²) in [5, 5.41) is 6.31. The van der Waals surface area contributed by atoms with E-state index in [1.54, 1.807) is 24.3 Å². The van der Waals surface area contributed by atoms with Crippen LogP contribution in [0.25, 0.3) is 22.6 Å². The van der Waals surface area contributed by atoms with Crippen molar-refractivity contribution in [1.82, 2.24) is 10.3 Å². The predicted octanol–water partition coefficient (Wildman–Crippen LogP) is 5.89. The lowest BCUT2D eigenvalue weighted by atomic mass is 10.1. The Morgan fingerprint density at radius 3 is 2.53 bits per heavy atom. The predicted molar refractivity (Wildman–Crippen MR) is 124 cm³/mol. The van der Waals surface area contributed by atoms with Crippen LogP contribution in [-0.4, -0.2) is 16.0 Å². The van der Waals surface area contributed by atoms with Gasteiger partial charge in [-0.2, -0.15) is 0 Å². The Kier molecular flexibility index (Phi) is 5.53. The summed E-state index contributed by atoms with van der Waals surface area (Å²) >= 11 is 11.2. The number of nitrogens with one attached hydrogen (secondary N) is 2. The van der Waals surface area contributed by atoms with Gasteiger partial charge in [-0.25, -0.2) is 4.98 Å². The van der Waals surface area contributed by atoms with Gasteiger partial charge in [-0.1, -0.05) is 34.9 Å². The minimum Gasteiger partial charge on any atom is -0.436 e. The minimum absolute atomic E-state index is 0.178. The molecule has 0 radical (unpaired) electrons. The summed E-state index contributed by atoms with van der Waals surface area (Å²) in [7, 11) is 0. The molecule has 1 heterocycles. The van der Waals surface area contributed by atoms with E-state index < -0.39 is 0 Å². The van der Waals surface area contributed by atoms with Gasteiger partial charge in [0.05, 0.1) is 0 Å². The number of aromatic nitrogens is 1. The number of carbonyl (C=O) groups is 1. The highest BCUT2D eigenvalue weighted by Crippen LogP contribution is 2.27. The summed E-state index contributed by atoms with van der Waals surface area (Å²) < 4.78 is 5.90. The van der Waals surface area contributed by atoms with E-state index in [-0.39, 0.29) is 11.0 Å². The third-order valence-corrected chi connectivity index (χ3v) is 4.87. The molecule has 0 aliphatic heterocycles. The zero-order valence-corrected chi connectivity index (χ0v) is 17.9. The molecule has 7 heteroatoms. The first-order valence-electron chi connectivity index (χ1n) is 9.24. The minimum atomic E-state index is -0.338. The highest BCUT2D eigenvalue weighted by Gasteiger charge is 2.12. The summed E-state index contributed by atoms with van der Waals surface area (Å²) in [6.07, 6.45) is 0. The first-order valence-corrected chi connectivity index (χ1v) is 10.0. The van der Waals surface area contributed by atoms with E-state index in [1.807, 2.05) is 44.2 Å². The monoisotopic (exact) mass is 435 g/mol. The third-order valence-electron chi connectivity index (χ3n) is 4.43. The molecule has 30 heavy (non-hydrogen) atoms. The summed E-state index contributed by atoms with van der Waals surface area (Å²) in [5.74, 6) is 0.223. The van der Waals surface area contributed by atoms with Gasteiger partial charge in [0.15, 0.2) is 10.7 Å². The average Bonchev–Trinajstić information content (AvgIpc) is 3.10. The fourth-order valence-electron chi connectivity index (χ4n) is 3.19. The number of oxazole rings is 1. The first-order chi connectivity index (χ1) is 14.4. The van der Waals surface area contributed by atoms with Crippen molar-refractivity contribution in [3.05, 3.63) is 82.4 Å².